The van der Waals surface area contributed by atoms with Crippen molar-refractivity contribution in [2.24, 2.45) is 0 Å². The molecule has 0 bridgehead atoms. The van der Waals surface area contributed by atoms with E-state index in [4.69, 9.17) is 21.1 Å². The molecule has 0 radical (unpaired) electrons. The van der Waals surface area contributed by atoms with Crippen molar-refractivity contribution in [2.75, 3.05) is 12.7 Å². The van der Waals surface area contributed by atoms with Crippen LogP contribution in [0, 0.1) is 0 Å². The molecule has 0 unspecified atom stereocenters. The molecule has 4 heteroatoms. The fourth-order valence-corrected chi connectivity index (χ4v) is 2.60. The Kier molecular flexibility index (Phi) is 3.00. The first-order valence-electron chi connectivity index (χ1n) is 6.02. The van der Waals surface area contributed by atoms with Gasteiger partial charge in [0, 0.05) is 17.9 Å². The molecule has 0 spiro atoms. The number of rotatable bonds is 3. The molecule has 3 nitrogen and oxygen atoms in total. The van der Waals surface area contributed by atoms with Crippen molar-refractivity contribution in [3.05, 3.63) is 29.3 Å². The number of benzene rings is 1. The number of carbonyl (C=O) groups is 1. The van der Waals surface area contributed by atoms with Crippen LogP contribution in [-0.2, 0) is 11.2 Å². The van der Waals surface area contributed by atoms with Gasteiger partial charge in [-0.05, 0) is 36.1 Å². The number of ketones is 1. The maximum Gasteiger partial charge on any atom is 0.231 e. The van der Waals surface area contributed by atoms with E-state index in [9.17, 15) is 4.79 Å². The van der Waals surface area contributed by atoms with Crippen LogP contribution in [0.15, 0.2) is 18.2 Å². The molecule has 1 aromatic rings. The summed E-state index contributed by atoms with van der Waals surface area (Å²) in [4.78, 5) is 11.9. The number of ether oxygens (including phenoxy) is 2. The van der Waals surface area contributed by atoms with Crippen LogP contribution in [0.2, 0.25) is 0 Å². The number of carbonyl (C=O) groups excluding carboxylic acids is 1. The lowest BCUT2D eigenvalue weighted by atomic mass is 9.96. The van der Waals surface area contributed by atoms with E-state index in [1.807, 2.05) is 18.2 Å². The number of hydrogen-bond donors (Lipinski definition) is 0. The van der Waals surface area contributed by atoms with Crippen LogP contribution in [0.25, 0.3) is 5.57 Å². The second-order valence-corrected chi connectivity index (χ2v) is 4.76. The molecule has 3 rings (SSSR count). The fraction of sp³-hybridized carbons (Fsp3) is 0.357. The van der Waals surface area contributed by atoms with Gasteiger partial charge >= 0.3 is 0 Å². The standard InChI is InChI=1S/C14H13ClO3/c15-5-4-9-6-13-14(18-8-17-13)7-11(9)10-2-1-3-12(10)16/h2,6-7H,1,3-5,8H2. The average molecular weight is 265 g/mol. The van der Waals surface area contributed by atoms with Gasteiger partial charge < -0.3 is 9.47 Å². The predicted octanol–water partition coefficient (Wildman–Crippen LogP) is 2.94. The van der Waals surface area contributed by atoms with Gasteiger partial charge in [-0.1, -0.05) is 6.08 Å². The molecule has 1 heterocycles. The minimum Gasteiger partial charge on any atom is -0.454 e. The number of aryl methyl sites for hydroxylation is 1. The Hall–Kier alpha value is -1.48. The van der Waals surface area contributed by atoms with E-state index < -0.39 is 0 Å². The maximum absolute atomic E-state index is 11.9. The topological polar surface area (TPSA) is 35.5 Å². The highest BCUT2D eigenvalue weighted by Gasteiger charge is 2.23. The first kappa shape index (κ1) is 11.6. The highest BCUT2D eigenvalue weighted by Crippen LogP contribution is 2.39. The minimum absolute atomic E-state index is 0.199. The summed E-state index contributed by atoms with van der Waals surface area (Å²) < 4.78 is 10.7. The summed E-state index contributed by atoms with van der Waals surface area (Å²) in [6, 6.07) is 3.84. The van der Waals surface area contributed by atoms with Gasteiger partial charge in [0.15, 0.2) is 17.3 Å². The zero-order valence-electron chi connectivity index (χ0n) is 9.87. The van der Waals surface area contributed by atoms with Gasteiger partial charge in [0.1, 0.15) is 0 Å². The summed E-state index contributed by atoms with van der Waals surface area (Å²) >= 11 is 5.83. The van der Waals surface area contributed by atoms with E-state index in [0.29, 0.717) is 18.1 Å². The first-order valence-corrected chi connectivity index (χ1v) is 6.55. The van der Waals surface area contributed by atoms with Crippen LogP contribution in [0.4, 0.5) is 0 Å². The number of alkyl halides is 1. The van der Waals surface area contributed by atoms with E-state index in [1.54, 1.807) is 0 Å². The Balaban J connectivity index is 2.09. The summed E-state index contributed by atoms with van der Waals surface area (Å²) in [5.41, 5.74) is 2.80. The van der Waals surface area contributed by atoms with Crippen LogP contribution in [0.1, 0.15) is 24.0 Å². The molecular weight excluding hydrogens is 252 g/mol. The highest BCUT2D eigenvalue weighted by molar-refractivity contribution is 6.23. The Labute approximate surface area is 110 Å². The first-order chi connectivity index (χ1) is 8.79. The summed E-state index contributed by atoms with van der Waals surface area (Å²) in [5, 5.41) is 0. The Morgan fingerprint density at radius 1 is 1.22 bits per heavy atom. The normalized spacial score (nSPS) is 17.2. The van der Waals surface area contributed by atoms with Gasteiger partial charge in [-0.2, -0.15) is 0 Å². The van der Waals surface area contributed by atoms with Crippen LogP contribution in [0.3, 0.4) is 0 Å². The lowest BCUT2D eigenvalue weighted by molar-refractivity contribution is -0.113. The van der Waals surface area contributed by atoms with Crippen molar-refractivity contribution in [2.45, 2.75) is 19.3 Å². The zero-order chi connectivity index (χ0) is 12.5. The average Bonchev–Trinajstić information content (AvgIpc) is 2.96. The number of hydrogen-bond acceptors (Lipinski definition) is 3. The third-order valence-electron chi connectivity index (χ3n) is 3.27. The van der Waals surface area contributed by atoms with Gasteiger partial charge in [-0.15, -0.1) is 11.6 Å². The Bertz CT molecular complexity index is 534. The monoisotopic (exact) mass is 264 g/mol. The van der Waals surface area contributed by atoms with Gasteiger partial charge in [-0.25, -0.2) is 0 Å². The Morgan fingerprint density at radius 3 is 2.67 bits per heavy atom. The number of fused-ring (bicyclic) bond motifs is 1. The van der Waals surface area contributed by atoms with Crippen LogP contribution < -0.4 is 9.47 Å². The second-order valence-electron chi connectivity index (χ2n) is 4.38. The number of Topliss-reactive ketones (excluding diaryl/α,β-unsaturated/α-hetero) is 1. The quantitative estimate of drug-likeness (QED) is 0.788. The van der Waals surface area contributed by atoms with Crippen molar-refractivity contribution < 1.29 is 14.3 Å². The summed E-state index contributed by atoms with van der Waals surface area (Å²) in [7, 11) is 0. The van der Waals surface area contributed by atoms with Gasteiger partial charge in [0.25, 0.3) is 0 Å². The van der Waals surface area contributed by atoms with Crippen molar-refractivity contribution in [3.63, 3.8) is 0 Å². The number of halogens is 1. The third kappa shape index (κ3) is 1.89. The molecule has 0 amide bonds. The minimum atomic E-state index is 0.199. The molecule has 0 fully saturated rings. The van der Waals surface area contributed by atoms with Crippen LogP contribution in [-0.4, -0.2) is 18.5 Å². The highest BCUT2D eigenvalue weighted by atomic mass is 35.5. The van der Waals surface area contributed by atoms with Gasteiger partial charge in [-0.3, -0.25) is 4.79 Å². The van der Waals surface area contributed by atoms with Crippen LogP contribution in [0.5, 0.6) is 11.5 Å². The second kappa shape index (κ2) is 4.65. The summed E-state index contributed by atoms with van der Waals surface area (Å²) in [5.74, 6) is 2.17. The number of allylic oxidation sites excluding steroid dienone is 2. The molecule has 1 aliphatic heterocycles. The lowest BCUT2D eigenvalue weighted by Gasteiger charge is -2.10. The summed E-state index contributed by atoms with van der Waals surface area (Å²) in [6.07, 6.45) is 4.14. The molecule has 2 aliphatic rings. The smallest absolute Gasteiger partial charge is 0.231 e. The SMILES string of the molecule is O=C1CCC=C1c1cc2c(cc1CCCl)OCO2. The molecule has 1 aliphatic carbocycles. The molecule has 18 heavy (non-hydrogen) atoms. The van der Waals surface area contributed by atoms with Crippen molar-refractivity contribution >= 4 is 23.0 Å². The van der Waals surface area contributed by atoms with E-state index in [2.05, 4.69) is 0 Å². The van der Waals surface area contributed by atoms with E-state index in [-0.39, 0.29) is 12.6 Å². The molecule has 1 aromatic carbocycles. The third-order valence-corrected chi connectivity index (χ3v) is 3.46. The maximum atomic E-state index is 11.9. The molecule has 0 saturated carbocycles. The van der Waals surface area contributed by atoms with E-state index >= 15 is 0 Å². The van der Waals surface area contributed by atoms with E-state index in [1.165, 1.54) is 0 Å². The zero-order valence-corrected chi connectivity index (χ0v) is 10.6. The summed E-state index contributed by atoms with van der Waals surface area (Å²) in [6.45, 7) is 0.242. The molecule has 0 saturated heterocycles. The molecule has 0 atom stereocenters. The van der Waals surface area contributed by atoms with Gasteiger partial charge in [0.2, 0.25) is 6.79 Å². The molecule has 0 N–H and O–H groups in total. The fourth-order valence-electron chi connectivity index (χ4n) is 2.40. The predicted molar refractivity (Wildman–Crippen MR) is 69.2 cm³/mol. The van der Waals surface area contributed by atoms with Crippen LogP contribution >= 0.6 is 11.6 Å². The van der Waals surface area contributed by atoms with E-state index in [0.717, 1.165) is 35.3 Å². The van der Waals surface area contributed by atoms with Crippen molar-refractivity contribution in [1.82, 2.24) is 0 Å². The molecule has 94 valence electrons. The lowest BCUT2D eigenvalue weighted by Crippen LogP contribution is -2.00. The van der Waals surface area contributed by atoms with Crippen molar-refractivity contribution in [1.29, 1.82) is 0 Å². The molecule has 0 aromatic heterocycles. The molecular formula is C14H13ClO3. The van der Waals surface area contributed by atoms with Crippen molar-refractivity contribution in [3.8, 4) is 11.5 Å². The van der Waals surface area contributed by atoms with Gasteiger partial charge in [0.05, 0.1) is 0 Å². The largest absolute Gasteiger partial charge is 0.454 e. The Morgan fingerprint density at radius 2 is 2.00 bits per heavy atom.